The Kier molecular flexibility index (Phi) is 5.38. The van der Waals surface area contributed by atoms with E-state index in [1.54, 1.807) is 13.2 Å². The highest BCUT2D eigenvalue weighted by molar-refractivity contribution is 5.90. The Morgan fingerprint density at radius 1 is 1.26 bits per heavy atom. The molecular formula is C18H26N8O. The second kappa shape index (κ2) is 7.73. The van der Waals surface area contributed by atoms with E-state index in [1.807, 2.05) is 38.9 Å². The van der Waals surface area contributed by atoms with Gasteiger partial charge in [-0.2, -0.15) is 4.98 Å². The fourth-order valence-electron chi connectivity index (χ4n) is 3.06. The van der Waals surface area contributed by atoms with E-state index >= 15 is 0 Å². The van der Waals surface area contributed by atoms with E-state index in [0.717, 1.165) is 42.4 Å². The van der Waals surface area contributed by atoms with Crippen LogP contribution in [0.3, 0.4) is 0 Å². The zero-order valence-corrected chi connectivity index (χ0v) is 16.4. The van der Waals surface area contributed by atoms with Gasteiger partial charge in [0.25, 0.3) is 5.91 Å². The first-order chi connectivity index (χ1) is 12.9. The maximum atomic E-state index is 12.0. The molecule has 27 heavy (non-hydrogen) atoms. The number of nitrogens with zero attached hydrogens (tertiary/aromatic N) is 6. The van der Waals surface area contributed by atoms with E-state index < -0.39 is 0 Å². The summed E-state index contributed by atoms with van der Waals surface area (Å²) < 4.78 is 0. The van der Waals surface area contributed by atoms with Gasteiger partial charge in [-0.05, 0) is 26.3 Å². The minimum absolute atomic E-state index is 0.207. The van der Waals surface area contributed by atoms with E-state index in [0.29, 0.717) is 5.95 Å². The van der Waals surface area contributed by atoms with Crippen molar-refractivity contribution in [1.82, 2.24) is 25.3 Å². The summed E-state index contributed by atoms with van der Waals surface area (Å²) in [5, 5.41) is 6.06. The molecule has 1 fully saturated rings. The number of carbonyl (C=O) groups excluding carboxylic acids is 1. The number of anilines is 3. The molecule has 2 N–H and O–H groups in total. The Labute approximate surface area is 159 Å². The van der Waals surface area contributed by atoms with Crippen LogP contribution in [0.1, 0.15) is 28.3 Å². The molecule has 1 aliphatic rings. The van der Waals surface area contributed by atoms with Crippen molar-refractivity contribution >= 4 is 23.5 Å². The average Bonchev–Trinajstić information content (AvgIpc) is 3.11. The summed E-state index contributed by atoms with van der Waals surface area (Å²) in [6.45, 7) is 5.54. The molecule has 1 aliphatic heterocycles. The topological polar surface area (TPSA) is 99.2 Å². The first-order valence-electron chi connectivity index (χ1n) is 8.98. The largest absolute Gasteiger partial charge is 0.365 e. The molecule has 0 aliphatic carbocycles. The van der Waals surface area contributed by atoms with E-state index in [1.165, 1.54) is 0 Å². The highest BCUT2D eigenvalue weighted by Gasteiger charge is 2.26. The van der Waals surface area contributed by atoms with Crippen molar-refractivity contribution in [1.29, 1.82) is 0 Å². The second-order valence-corrected chi connectivity index (χ2v) is 6.87. The maximum absolute atomic E-state index is 12.0. The van der Waals surface area contributed by atoms with Crippen LogP contribution in [0.2, 0.25) is 0 Å². The molecule has 1 amide bonds. The minimum atomic E-state index is -0.273. The van der Waals surface area contributed by atoms with Crippen LogP contribution >= 0.6 is 0 Å². The minimum Gasteiger partial charge on any atom is -0.365 e. The molecule has 1 saturated heterocycles. The van der Waals surface area contributed by atoms with Crippen LogP contribution in [-0.4, -0.2) is 66.1 Å². The van der Waals surface area contributed by atoms with Crippen LogP contribution < -0.4 is 20.4 Å². The number of aromatic nitrogens is 4. The van der Waals surface area contributed by atoms with Crippen LogP contribution in [0, 0.1) is 13.8 Å². The lowest BCUT2D eigenvalue weighted by Gasteiger charge is -2.21. The summed E-state index contributed by atoms with van der Waals surface area (Å²) in [6, 6.07) is 2.12. The first-order valence-corrected chi connectivity index (χ1v) is 8.98. The molecule has 0 bridgehead atoms. The highest BCUT2D eigenvalue weighted by Crippen LogP contribution is 2.25. The predicted octanol–water partition coefficient (Wildman–Crippen LogP) is 1.000. The lowest BCUT2D eigenvalue weighted by atomic mass is 10.2. The summed E-state index contributed by atoms with van der Waals surface area (Å²) in [5.41, 5.74) is 1.82. The number of rotatable bonds is 5. The second-order valence-electron chi connectivity index (χ2n) is 6.87. The molecule has 0 saturated carbocycles. The Morgan fingerprint density at radius 3 is 2.74 bits per heavy atom. The van der Waals surface area contributed by atoms with Gasteiger partial charge in [-0.3, -0.25) is 4.79 Å². The number of aryl methyl sites for hydroxylation is 1. The van der Waals surface area contributed by atoms with Crippen molar-refractivity contribution in [2.45, 2.75) is 26.3 Å². The van der Waals surface area contributed by atoms with Crippen LogP contribution in [0.4, 0.5) is 17.6 Å². The van der Waals surface area contributed by atoms with Crippen molar-refractivity contribution in [3.05, 3.63) is 29.3 Å². The molecule has 9 heteroatoms. The Hall–Kier alpha value is -2.97. The lowest BCUT2D eigenvalue weighted by molar-refractivity contribution is 0.0952. The van der Waals surface area contributed by atoms with E-state index in [2.05, 4.69) is 35.5 Å². The van der Waals surface area contributed by atoms with Crippen molar-refractivity contribution in [3.63, 3.8) is 0 Å². The molecule has 9 nitrogen and oxygen atoms in total. The van der Waals surface area contributed by atoms with Gasteiger partial charge in [0.1, 0.15) is 11.6 Å². The Balaban J connectivity index is 1.75. The number of hydrogen-bond acceptors (Lipinski definition) is 8. The predicted molar refractivity (Wildman–Crippen MR) is 105 cm³/mol. The number of nitrogens with one attached hydrogen (secondary N) is 2. The quantitative estimate of drug-likeness (QED) is 0.804. The maximum Gasteiger partial charge on any atom is 0.288 e. The fraction of sp³-hybridized carbons (Fsp3) is 0.500. The molecule has 0 unspecified atom stereocenters. The molecule has 2 aromatic rings. The zero-order valence-electron chi connectivity index (χ0n) is 16.4. The van der Waals surface area contributed by atoms with Gasteiger partial charge in [0.05, 0.1) is 0 Å². The summed E-state index contributed by atoms with van der Waals surface area (Å²) >= 11 is 0. The third kappa shape index (κ3) is 4.07. The lowest BCUT2D eigenvalue weighted by Crippen LogP contribution is -2.29. The van der Waals surface area contributed by atoms with Crippen molar-refractivity contribution in [2.75, 3.05) is 49.3 Å². The van der Waals surface area contributed by atoms with Gasteiger partial charge in [-0.15, -0.1) is 0 Å². The normalized spacial score (nSPS) is 16.3. The van der Waals surface area contributed by atoms with Gasteiger partial charge in [0, 0.05) is 57.7 Å². The van der Waals surface area contributed by atoms with Gasteiger partial charge in [0.2, 0.25) is 11.8 Å². The first kappa shape index (κ1) is 18.8. The monoisotopic (exact) mass is 370 g/mol. The van der Waals surface area contributed by atoms with Crippen LogP contribution in [0.5, 0.6) is 0 Å². The SMILES string of the molecule is CNC(=O)c1nc(C)c(C)c(N2CC[C@@H](Nc3ccnc(N(C)C)n3)C2)n1. The van der Waals surface area contributed by atoms with Crippen molar-refractivity contribution in [2.24, 2.45) is 0 Å². The standard InChI is InChI=1S/C18H26N8O/c1-11-12(2)21-15(17(27)19-3)24-16(11)26-9-7-13(10-26)22-14-6-8-20-18(23-14)25(4)5/h6,8,13H,7,9-10H2,1-5H3,(H,19,27)(H,20,22,23)/t13-/m1/s1. The smallest absolute Gasteiger partial charge is 0.288 e. The van der Waals surface area contributed by atoms with Gasteiger partial charge in [-0.1, -0.05) is 0 Å². The zero-order chi connectivity index (χ0) is 19.6. The fourth-order valence-corrected chi connectivity index (χ4v) is 3.06. The van der Waals surface area contributed by atoms with Gasteiger partial charge >= 0.3 is 0 Å². The Bertz CT molecular complexity index is 838. The third-order valence-electron chi connectivity index (χ3n) is 4.68. The van der Waals surface area contributed by atoms with Gasteiger partial charge in [-0.25, -0.2) is 15.0 Å². The van der Waals surface area contributed by atoms with Crippen LogP contribution in [-0.2, 0) is 0 Å². The molecule has 0 radical (unpaired) electrons. The summed E-state index contributed by atoms with van der Waals surface area (Å²) in [7, 11) is 5.42. The summed E-state index contributed by atoms with van der Waals surface area (Å²) in [5.74, 6) is 2.24. The molecule has 3 rings (SSSR count). The van der Waals surface area contributed by atoms with Crippen LogP contribution in [0.25, 0.3) is 0 Å². The van der Waals surface area contributed by atoms with E-state index in [-0.39, 0.29) is 17.8 Å². The molecule has 2 aromatic heterocycles. The Morgan fingerprint density at radius 2 is 2.04 bits per heavy atom. The molecule has 144 valence electrons. The molecule has 0 spiro atoms. The van der Waals surface area contributed by atoms with E-state index in [9.17, 15) is 4.79 Å². The van der Waals surface area contributed by atoms with Crippen molar-refractivity contribution < 1.29 is 4.79 Å². The van der Waals surface area contributed by atoms with Crippen LogP contribution in [0.15, 0.2) is 12.3 Å². The summed E-state index contributed by atoms with van der Waals surface area (Å²) in [4.78, 5) is 33.6. The number of amides is 1. The number of hydrogen-bond donors (Lipinski definition) is 2. The molecule has 3 heterocycles. The number of carbonyl (C=O) groups is 1. The molecular weight excluding hydrogens is 344 g/mol. The van der Waals surface area contributed by atoms with Crippen molar-refractivity contribution in [3.8, 4) is 0 Å². The molecule has 1 atom stereocenters. The van der Waals surface area contributed by atoms with Gasteiger partial charge < -0.3 is 20.4 Å². The summed E-state index contributed by atoms with van der Waals surface area (Å²) in [6.07, 6.45) is 2.71. The molecule has 0 aromatic carbocycles. The van der Waals surface area contributed by atoms with E-state index in [4.69, 9.17) is 0 Å². The highest BCUT2D eigenvalue weighted by atomic mass is 16.2. The average molecular weight is 370 g/mol. The van der Waals surface area contributed by atoms with Gasteiger partial charge in [0.15, 0.2) is 0 Å². The third-order valence-corrected chi connectivity index (χ3v) is 4.68.